The predicted molar refractivity (Wildman–Crippen MR) is 163 cm³/mol. The number of anilines is 1. The summed E-state index contributed by atoms with van der Waals surface area (Å²) >= 11 is 0. The Bertz CT molecular complexity index is 1490. The van der Waals surface area contributed by atoms with Crippen LogP contribution in [0.15, 0.2) is 79.0 Å². The molecule has 3 amide bonds. The fourth-order valence-corrected chi connectivity index (χ4v) is 5.06. The van der Waals surface area contributed by atoms with Crippen molar-refractivity contribution >= 4 is 28.5 Å². The van der Waals surface area contributed by atoms with Crippen LogP contribution in [0.2, 0.25) is 0 Å². The zero-order valence-corrected chi connectivity index (χ0v) is 24.7. The molecule has 0 saturated heterocycles. The van der Waals surface area contributed by atoms with Crippen molar-refractivity contribution in [2.75, 3.05) is 11.9 Å². The van der Waals surface area contributed by atoms with Crippen LogP contribution in [0.1, 0.15) is 59.4 Å². The van der Waals surface area contributed by atoms with Gasteiger partial charge in [-0.1, -0.05) is 52.0 Å². The Morgan fingerprint density at radius 1 is 0.951 bits per heavy atom. The molecule has 216 valence electrons. The van der Waals surface area contributed by atoms with Crippen molar-refractivity contribution in [3.8, 4) is 5.69 Å². The van der Waals surface area contributed by atoms with Gasteiger partial charge >= 0.3 is 6.03 Å². The SMILES string of the molecule is CC(C)CC(c1ccc2c(cnn2-c2ccc(F)cc2)c1)C(C)(C)CNC(=O)NC(C)(C)C(=O)Nc1ccccc1. The third-order valence-corrected chi connectivity index (χ3v) is 7.45. The number of halogens is 1. The third kappa shape index (κ3) is 7.31. The second-order valence-electron chi connectivity index (χ2n) is 12.3. The van der Waals surface area contributed by atoms with Crippen molar-refractivity contribution in [1.29, 1.82) is 0 Å². The molecule has 4 rings (SSSR count). The molecule has 1 atom stereocenters. The van der Waals surface area contributed by atoms with E-state index >= 15 is 0 Å². The molecule has 41 heavy (non-hydrogen) atoms. The van der Waals surface area contributed by atoms with E-state index in [1.54, 1.807) is 38.1 Å². The molecule has 0 fully saturated rings. The molecule has 7 nitrogen and oxygen atoms in total. The Balaban J connectivity index is 1.47. The summed E-state index contributed by atoms with van der Waals surface area (Å²) in [5.41, 5.74) is 2.17. The molecule has 1 unspecified atom stereocenters. The van der Waals surface area contributed by atoms with Gasteiger partial charge in [0.05, 0.1) is 17.4 Å². The van der Waals surface area contributed by atoms with Gasteiger partial charge in [-0.3, -0.25) is 4.79 Å². The average Bonchev–Trinajstić information content (AvgIpc) is 3.34. The fraction of sp³-hybridized carbons (Fsp3) is 0.364. The molecule has 0 bridgehead atoms. The normalized spacial score (nSPS) is 12.8. The van der Waals surface area contributed by atoms with Crippen molar-refractivity contribution in [2.24, 2.45) is 11.3 Å². The van der Waals surface area contributed by atoms with E-state index in [-0.39, 0.29) is 23.1 Å². The number of urea groups is 1. The molecule has 1 aromatic heterocycles. The van der Waals surface area contributed by atoms with Crippen molar-refractivity contribution in [3.05, 3.63) is 90.4 Å². The molecule has 4 aromatic rings. The van der Waals surface area contributed by atoms with E-state index in [9.17, 15) is 14.0 Å². The Morgan fingerprint density at radius 3 is 2.29 bits per heavy atom. The highest BCUT2D eigenvalue weighted by atomic mass is 19.1. The first-order valence-electron chi connectivity index (χ1n) is 14.0. The Hall–Kier alpha value is -4.20. The summed E-state index contributed by atoms with van der Waals surface area (Å²) in [6, 6.07) is 21.4. The Morgan fingerprint density at radius 2 is 1.63 bits per heavy atom. The number of carbonyl (C=O) groups is 2. The van der Waals surface area contributed by atoms with Gasteiger partial charge in [-0.15, -0.1) is 0 Å². The van der Waals surface area contributed by atoms with Crippen LogP contribution in [0.4, 0.5) is 14.9 Å². The van der Waals surface area contributed by atoms with Crippen LogP contribution in [0.25, 0.3) is 16.6 Å². The zero-order valence-electron chi connectivity index (χ0n) is 24.7. The highest BCUT2D eigenvalue weighted by Crippen LogP contribution is 2.41. The fourth-order valence-electron chi connectivity index (χ4n) is 5.06. The number of nitrogens with one attached hydrogen (secondary N) is 3. The van der Waals surface area contributed by atoms with E-state index in [1.165, 1.54) is 17.7 Å². The number of aromatic nitrogens is 2. The lowest BCUT2D eigenvalue weighted by Gasteiger charge is -2.37. The van der Waals surface area contributed by atoms with Crippen LogP contribution in [0, 0.1) is 17.2 Å². The molecule has 0 aliphatic rings. The van der Waals surface area contributed by atoms with Gasteiger partial charge in [0.2, 0.25) is 5.91 Å². The molecule has 0 aliphatic heterocycles. The summed E-state index contributed by atoms with van der Waals surface area (Å²) in [4.78, 5) is 25.8. The first kappa shape index (κ1) is 29.8. The van der Waals surface area contributed by atoms with E-state index < -0.39 is 11.6 Å². The van der Waals surface area contributed by atoms with Crippen LogP contribution in [0.5, 0.6) is 0 Å². The average molecular weight is 558 g/mol. The predicted octanol–water partition coefficient (Wildman–Crippen LogP) is 7.04. The number of fused-ring (bicyclic) bond motifs is 1. The van der Waals surface area contributed by atoms with Crippen LogP contribution < -0.4 is 16.0 Å². The molecule has 1 heterocycles. The lowest BCUT2D eigenvalue weighted by molar-refractivity contribution is -0.120. The van der Waals surface area contributed by atoms with Crippen LogP contribution >= 0.6 is 0 Å². The van der Waals surface area contributed by atoms with Gasteiger partial charge in [0.15, 0.2) is 0 Å². The largest absolute Gasteiger partial charge is 0.338 e. The maximum atomic E-state index is 13.4. The number of benzene rings is 3. The van der Waals surface area contributed by atoms with E-state index in [0.717, 1.165) is 23.0 Å². The van der Waals surface area contributed by atoms with Crippen molar-refractivity contribution < 1.29 is 14.0 Å². The number of nitrogens with zero attached hydrogens (tertiary/aromatic N) is 2. The number of carbonyl (C=O) groups excluding carboxylic acids is 2. The smallest absolute Gasteiger partial charge is 0.315 e. The lowest BCUT2D eigenvalue weighted by atomic mass is 9.71. The van der Waals surface area contributed by atoms with Gasteiger partial charge in [0, 0.05) is 17.6 Å². The minimum atomic E-state index is -1.11. The molecular formula is C33H40FN5O2. The molecule has 0 spiro atoms. The summed E-state index contributed by atoms with van der Waals surface area (Å²) in [6.45, 7) is 12.5. The molecule has 3 aromatic carbocycles. The Labute approximate surface area is 241 Å². The summed E-state index contributed by atoms with van der Waals surface area (Å²) < 4.78 is 15.2. The van der Waals surface area contributed by atoms with Gasteiger partial charge in [0.1, 0.15) is 11.4 Å². The van der Waals surface area contributed by atoms with Crippen molar-refractivity contribution in [3.63, 3.8) is 0 Å². The van der Waals surface area contributed by atoms with Crippen molar-refractivity contribution in [1.82, 2.24) is 20.4 Å². The number of rotatable bonds is 10. The standard InChI is InChI=1S/C33H40FN5O2/c1-22(2)18-28(23-12-17-29-24(19-23)20-36-39(29)27-15-13-25(34)14-16-27)32(3,4)21-35-31(41)38-33(5,6)30(40)37-26-10-8-7-9-11-26/h7-17,19-20,22,28H,18,21H2,1-6H3,(H,37,40)(H2,35,38,41). The van der Waals surface area contributed by atoms with Gasteiger partial charge in [-0.05, 0) is 91.6 Å². The van der Waals surface area contributed by atoms with Gasteiger partial charge < -0.3 is 16.0 Å². The number of para-hydroxylation sites is 1. The Kier molecular flexibility index (Phi) is 8.80. The van der Waals surface area contributed by atoms with Crippen LogP contribution in [-0.2, 0) is 4.79 Å². The molecular weight excluding hydrogens is 517 g/mol. The monoisotopic (exact) mass is 557 g/mol. The molecule has 3 N–H and O–H groups in total. The zero-order chi connectivity index (χ0) is 29.8. The van der Waals surface area contributed by atoms with E-state index in [4.69, 9.17) is 0 Å². The quantitative estimate of drug-likeness (QED) is 0.195. The maximum Gasteiger partial charge on any atom is 0.315 e. The van der Waals surface area contributed by atoms with Gasteiger partial charge in [-0.25, -0.2) is 13.9 Å². The second kappa shape index (κ2) is 12.1. The number of hydrogen-bond donors (Lipinski definition) is 3. The van der Waals surface area contributed by atoms with E-state index in [1.807, 2.05) is 29.1 Å². The highest BCUT2D eigenvalue weighted by Gasteiger charge is 2.34. The summed E-state index contributed by atoms with van der Waals surface area (Å²) in [5.74, 6) is -0.0000413. The number of amides is 3. The first-order valence-corrected chi connectivity index (χ1v) is 14.0. The summed E-state index contributed by atoms with van der Waals surface area (Å²) in [6.07, 6.45) is 2.76. The minimum Gasteiger partial charge on any atom is -0.338 e. The van der Waals surface area contributed by atoms with Crippen LogP contribution in [0.3, 0.4) is 0 Å². The van der Waals surface area contributed by atoms with Crippen LogP contribution in [-0.4, -0.2) is 33.8 Å². The molecule has 0 saturated carbocycles. The van der Waals surface area contributed by atoms with Gasteiger partial charge in [0.25, 0.3) is 0 Å². The van der Waals surface area contributed by atoms with Gasteiger partial charge in [-0.2, -0.15) is 5.10 Å². The third-order valence-electron chi connectivity index (χ3n) is 7.45. The lowest BCUT2D eigenvalue weighted by Crippen LogP contribution is -2.56. The highest BCUT2D eigenvalue weighted by molar-refractivity contribution is 5.99. The van der Waals surface area contributed by atoms with Crippen molar-refractivity contribution in [2.45, 2.75) is 59.4 Å². The second-order valence-corrected chi connectivity index (χ2v) is 12.3. The first-order chi connectivity index (χ1) is 19.4. The summed E-state index contributed by atoms with van der Waals surface area (Å²) in [5, 5.41) is 14.2. The maximum absolute atomic E-state index is 13.4. The number of hydrogen-bond acceptors (Lipinski definition) is 3. The van der Waals surface area contributed by atoms with E-state index in [2.05, 4.69) is 66.9 Å². The van der Waals surface area contributed by atoms with E-state index in [0.29, 0.717) is 18.2 Å². The summed E-state index contributed by atoms with van der Waals surface area (Å²) in [7, 11) is 0. The molecule has 8 heteroatoms. The molecule has 0 radical (unpaired) electrons. The molecule has 0 aliphatic carbocycles. The minimum absolute atomic E-state index is 0.149. The topological polar surface area (TPSA) is 88.1 Å².